The van der Waals surface area contributed by atoms with Gasteiger partial charge < -0.3 is 15.1 Å². The maximum atomic E-state index is 14.1. The lowest BCUT2D eigenvalue weighted by Gasteiger charge is -2.41. The first-order valence-corrected chi connectivity index (χ1v) is 12.4. The standard InChI is InChI=1S/C25H34F2N4O3/c1-3-11-25(23(33)31(24(34)28-25)15-10-19-5-4-12-29(19)2)17-8-13-30(14-9-17)22(32)20-7-6-18(26)16-21(20)27/h6-7,16-17,19H,3-5,8-15H2,1-2H3,(H,28,34)/t19-,25+/m0/s1. The Kier molecular flexibility index (Phi) is 7.21. The van der Waals surface area contributed by atoms with Gasteiger partial charge in [-0.3, -0.25) is 14.5 Å². The molecule has 1 aromatic rings. The van der Waals surface area contributed by atoms with Crippen LogP contribution in [0.3, 0.4) is 0 Å². The van der Waals surface area contributed by atoms with Gasteiger partial charge in [-0.25, -0.2) is 13.6 Å². The second-order valence-electron chi connectivity index (χ2n) is 9.86. The largest absolute Gasteiger partial charge is 0.339 e. The molecule has 4 rings (SSSR count). The number of carbonyl (C=O) groups excluding carboxylic acids is 3. The van der Waals surface area contributed by atoms with Gasteiger partial charge in [0, 0.05) is 31.7 Å². The van der Waals surface area contributed by atoms with Crippen LogP contribution in [-0.2, 0) is 4.79 Å². The van der Waals surface area contributed by atoms with Gasteiger partial charge in [-0.2, -0.15) is 0 Å². The Balaban J connectivity index is 1.42. The number of halogens is 2. The second-order valence-corrected chi connectivity index (χ2v) is 9.86. The van der Waals surface area contributed by atoms with Crippen molar-refractivity contribution in [2.24, 2.45) is 5.92 Å². The zero-order chi connectivity index (χ0) is 24.5. The molecular weight excluding hydrogens is 442 g/mol. The Morgan fingerprint density at radius 1 is 1.15 bits per heavy atom. The number of imide groups is 1. The summed E-state index contributed by atoms with van der Waals surface area (Å²) in [6, 6.07) is 3.01. The second kappa shape index (κ2) is 9.98. The molecule has 3 aliphatic rings. The summed E-state index contributed by atoms with van der Waals surface area (Å²) in [5.74, 6) is -2.35. The van der Waals surface area contributed by atoms with Crippen molar-refractivity contribution in [3.8, 4) is 0 Å². The predicted octanol–water partition coefficient (Wildman–Crippen LogP) is 3.39. The fourth-order valence-corrected chi connectivity index (χ4v) is 5.92. The monoisotopic (exact) mass is 476 g/mol. The van der Waals surface area contributed by atoms with Crippen molar-refractivity contribution in [1.29, 1.82) is 0 Å². The van der Waals surface area contributed by atoms with E-state index in [0.29, 0.717) is 51.0 Å². The van der Waals surface area contributed by atoms with E-state index in [1.54, 1.807) is 4.90 Å². The van der Waals surface area contributed by atoms with Crippen LogP contribution in [-0.4, -0.2) is 77.4 Å². The van der Waals surface area contributed by atoms with E-state index < -0.39 is 23.1 Å². The summed E-state index contributed by atoms with van der Waals surface area (Å²) in [7, 11) is 2.08. The van der Waals surface area contributed by atoms with Gasteiger partial charge in [0.2, 0.25) is 0 Å². The molecule has 0 bridgehead atoms. The number of piperidine rings is 1. The van der Waals surface area contributed by atoms with E-state index in [-0.39, 0.29) is 23.4 Å². The SMILES string of the molecule is CCC[C@]1(C2CCN(C(=O)c3ccc(F)cc3F)CC2)NC(=O)N(CC[C@@H]2CCCN2C)C1=O. The quantitative estimate of drug-likeness (QED) is 0.613. The van der Waals surface area contributed by atoms with E-state index in [4.69, 9.17) is 0 Å². The van der Waals surface area contributed by atoms with Crippen molar-refractivity contribution in [1.82, 2.24) is 20.0 Å². The zero-order valence-corrected chi connectivity index (χ0v) is 20.0. The van der Waals surface area contributed by atoms with Crippen molar-refractivity contribution in [2.45, 2.75) is 63.5 Å². The van der Waals surface area contributed by atoms with Crippen LogP contribution in [0.4, 0.5) is 13.6 Å². The zero-order valence-electron chi connectivity index (χ0n) is 20.0. The third-order valence-electron chi connectivity index (χ3n) is 7.84. The number of nitrogens with one attached hydrogen (secondary N) is 1. The number of rotatable bonds is 7. The van der Waals surface area contributed by atoms with E-state index in [1.165, 1.54) is 4.90 Å². The predicted molar refractivity (Wildman–Crippen MR) is 123 cm³/mol. The average molecular weight is 477 g/mol. The van der Waals surface area contributed by atoms with Gasteiger partial charge in [0.05, 0.1) is 5.56 Å². The highest BCUT2D eigenvalue weighted by Crippen LogP contribution is 2.37. The molecule has 1 aromatic carbocycles. The molecule has 0 unspecified atom stereocenters. The molecule has 9 heteroatoms. The molecule has 186 valence electrons. The van der Waals surface area contributed by atoms with Crippen LogP contribution in [0.1, 0.15) is 62.2 Å². The molecule has 4 amide bonds. The van der Waals surface area contributed by atoms with E-state index in [1.807, 2.05) is 6.92 Å². The number of benzene rings is 1. The van der Waals surface area contributed by atoms with Gasteiger partial charge in [-0.1, -0.05) is 13.3 Å². The summed E-state index contributed by atoms with van der Waals surface area (Å²) in [5, 5.41) is 3.03. The maximum absolute atomic E-state index is 14.1. The summed E-state index contributed by atoms with van der Waals surface area (Å²) in [5.41, 5.74) is -1.11. The Labute approximate surface area is 199 Å². The smallest absolute Gasteiger partial charge is 0.325 e. The molecule has 3 fully saturated rings. The molecule has 7 nitrogen and oxygen atoms in total. The molecular formula is C25H34F2N4O3. The Morgan fingerprint density at radius 3 is 2.50 bits per heavy atom. The topological polar surface area (TPSA) is 73.0 Å². The van der Waals surface area contributed by atoms with Gasteiger partial charge >= 0.3 is 6.03 Å². The van der Waals surface area contributed by atoms with Crippen molar-refractivity contribution in [2.75, 3.05) is 33.2 Å². The number of hydrogen-bond donors (Lipinski definition) is 1. The van der Waals surface area contributed by atoms with Crippen LogP contribution in [0, 0.1) is 17.6 Å². The number of nitrogens with zero attached hydrogens (tertiary/aromatic N) is 3. The normalized spacial score (nSPS) is 26.4. The van der Waals surface area contributed by atoms with Crippen LogP contribution in [0.2, 0.25) is 0 Å². The maximum Gasteiger partial charge on any atom is 0.325 e. The summed E-state index contributed by atoms with van der Waals surface area (Å²) < 4.78 is 27.3. The van der Waals surface area contributed by atoms with Gasteiger partial charge in [0.1, 0.15) is 17.2 Å². The summed E-state index contributed by atoms with van der Waals surface area (Å²) in [6.07, 6.45) is 5.34. The van der Waals surface area contributed by atoms with Crippen LogP contribution in [0.5, 0.6) is 0 Å². The van der Waals surface area contributed by atoms with Crippen molar-refractivity contribution >= 4 is 17.8 Å². The van der Waals surface area contributed by atoms with Gasteiger partial charge in [0.25, 0.3) is 11.8 Å². The molecule has 0 spiro atoms. The van der Waals surface area contributed by atoms with E-state index in [2.05, 4.69) is 17.3 Å². The Morgan fingerprint density at radius 2 is 1.88 bits per heavy atom. The summed E-state index contributed by atoms with van der Waals surface area (Å²) in [6.45, 7) is 4.15. The molecule has 3 heterocycles. The van der Waals surface area contributed by atoms with Crippen LogP contribution in [0.25, 0.3) is 0 Å². The summed E-state index contributed by atoms with van der Waals surface area (Å²) >= 11 is 0. The number of hydrogen-bond acceptors (Lipinski definition) is 4. The molecule has 0 aromatic heterocycles. The third kappa shape index (κ3) is 4.54. The first-order chi connectivity index (χ1) is 16.3. The van der Waals surface area contributed by atoms with Crippen molar-refractivity contribution in [3.63, 3.8) is 0 Å². The van der Waals surface area contributed by atoms with Crippen molar-refractivity contribution < 1.29 is 23.2 Å². The Bertz CT molecular complexity index is 950. The highest BCUT2D eigenvalue weighted by atomic mass is 19.1. The van der Waals surface area contributed by atoms with Crippen LogP contribution < -0.4 is 5.32 Å². The minimum Gasteiger partial charge on any atom is -0.339 e. The highest BCUT2D eigenvalue weighted by molar-refractivity contribution is 6.07. The van der Waals surface area contributed by atoms with Crippen LogP contribution >= 0.6 is 0 Å². The lowest BCUT2D eigenvalue weighted by atomic mass is 9.74. The minimum atomic E-state index is -0.955. The third-order valence-corrected chi connectivity index (χ3v) is 7.84. The van der Waals surface area contributed by atoms with Gasteiger partial charge in [-0.05, 0) is 70.2 Å². The average Bonchev–Trinajstić information content (AvgIpc) is 3.32. The van der Waals surface area contributed by atoms with Crippen molar-refractivity contribution in [3.05, 3.63) is 35.4 Å². The molecule has 0 radical (unpaired) electrons. The Hall–Kier alpha value is -2.55. The fourth-order valence-electron chi connectivity index (χ4n) is 5.92. The van der Waals surface area contributed by atoms with Gasteiger partial charge in [-0.15, -0.1) is 0 Å². The molecule has 1 N–H and O–H groups in total. The lowest BCUT2D eigenvalue weighted by Crippen LogP contribution is -2.56. The van der Waals surface area contributed by atoms with Crippen LogP contribution in [0.15, 0.2) is 18.2 Å². The lowest BCUT2D eigenvalue weighted by molar-refractivity contribution is -0.134. The minimum absolute atomic E-state index is 0.106. The van der Waals surface area contributed by atoms with E-state index in [9.17, 15) is 23.2 Å². The number of likely N-dealkylation sites (tertiary alicyclic amines) is 2. The van der Waals surface area contributed by atoms with E-state index in [0.717, 1.165) is 44.4 Å². The number of amides is 4. The fraction of sp³-hybridized carbons (Fsp3) is 0.640. The first-order valence-electron chi connectivity index (χ1n) is 12.4. The highest BCUT2D eigenvalue weighted by Gasteiger charge is 2.55. The van der Waals surface area contributed by atoms with E-state index >= 15 is 0 Å². The number of carbonyl (C=O) groups is 3. The molecule has 0 saturated carbocycles. The van der Waals surface area contributed by atoms with Gasteiger partial charge in [0.15, 0.2) is 0 Å². The molecule has 3 aliphatic heterocycles. The molecule has 0 aliphatic carbocycles. The molecule has 34 heavy (non-hydrogen) atoms. The number of urea groups is 1. The molecule has 2 atom stereocenters. The molecule has 3 saturated heterocycles. The summed E-state index contributed by atoms with van der Waals surface area (Å²) in [4.78, 5) is 44.5. The first kappa shape index (κ1) is 24.6.